The molecule has 12 heteroatoms. The number of hydrogen-bond donors (Lipinski definition) is 5. The van der Waals surface area contributed by atoms with Gasteiger partial charge in [0.15, 0.2) is 0 Å². The summed E-state index contributed by atoms with van der Waals surface area (Å²) in [6.07, 6.45) is 9.38. The Hall–Kier alpha value is -5.20. The van der Waals surface area contributed by atoms with Crippen molar-refractivity contribution in [1.82, 2.24) is 40.3 Å². The lowest BCUT2D eigenvalue weighted by molar-refractivity contribution is -0.117. The number of likely N-dealkylation sites (N-methyl/N-ethyl adjacent to an activating group) is 1. The highest BCUT2D eigenvalue weighted by Crippen LogP contribution is 2.35. The number of carbonyl (C=O) groups excluding carboxylic acids is 1. The molecular formula is C35H37FN10O. The monoisotopic (exact) mass is 632 g/mol. The van der Waals surface area contributed by atoms with Gasteiger partial charge in [-0.1, -0.05) is 0 Å². The van der Waals surface area contributed by atoms with Crippen molar-refractivity contribution in [3.05, 3.63) is 73.1 Å². The van der Waals surface area contributed by atoms with E-state index in [1.54, 1.807) is 30.9 Å². The molecule has 0 atom stereocenters. The Morgan fingerprint density at radius 3 is 2.68 bits per heavy atom. The summed E-state index contributed by atoms with van der Waals surface area (Å²) < 4.78 is 14.7. The van der Waals surface area contributed by atoms with Gasteiger partial charge in [-0.05, 0) is 99.5 Å². The average molecular weight is 633 g/mol. The van der Waals surface area contributed by atoms with E-state index in [4.69, 9.17) is 0 Å². The molecule has 1 fully saturated rings. The van der Waals surface area contributed by atoms with Crippen molar-refractivity contribution in [2.75, 3.05) is 50.9 Å². The lowest BCUT2D eigenvalue weighted by Crippen LogP contribution is -2.30. The number of pyridine rings is 3. The summed E-state index contributed by atoms with van der Waals surface area (Å²) in [6.45, 7) is 3.45. The molecule has 1 aliphatic heterocycles. The topological polar surface area (TPSA) is 140 Å². The molecule has 6 aromatic rings. The summed E-state index contributed by atoms with van der Waals surface area (Å²) in [7, 11) is 4.01. The van der Waals surface area contributed by atoms with Crippen LogP contribution < -0.4 is 16.0 Å². The minimum absolute atomic E-state index is 0.00164. The zero-order valence-electron chi connectivity index (χ0n) is 26.4. The second kappa shape index (κ2) is 13.3. The van der Waals surface area contributed by atoms with Crippen LogP contribution in [0.4, 0.5) is 15.8 Å². The van der Waals surface area contributed by atoms with Gasteiger partial charge >= 0.3 is 0 Å². The van der Waals surface area contributed by atoms with Gasteiger partial charge in [0.2, 0.25) is 5.91 Å². The molecule has 6 heterocycles. The summed E-state index contributed by atoms with van der Waals surface area (Å²) in [5, 5.41) is 19.1. The minimum Gasteiger partial charge on any atom is -0.384 e. The molecule has 5 aromatic heterocycles. The Kier molecular flexibility index (Phi) is 8.60. The maximum atomic E-state index is 14.7. The van der Waals surface area contributed by atoms with E-state index in [-0.39, 0.29) is 11.7 Å². The molecule has 1 aliphatic rings. The maximum Gasteiger partial charge on any atom is 0.224 e. The first-order chi connectivity index (χ1) is 22.9. The van der Waals surface area contributed by atoms with E-state index in [9.17, 15) is 9.18 Å². The van der Waals surface area contributed by atoms with Crippen LogP contribution in [0.25, 0.3) is 55.7 Å². The van der Waals surface area contributed by atoms with Gasteiger partial charge in [-0.3, -0.25) is 19.9 Å². The molecule has 7 rings (SSSR count). The molecule has 11 nitrogen and oxygen atoms in total. The summed E-state index contributed by atoms with van der Waals surface area (Å²) >= 11 is 0. The van der Waals surface area contributed by atoms with Crippen molar-refractivity contribution < 1.29 is 9.18 Å². The lowest BCUT2D eigenvalue weighted by Gasteiger charge is -2.21. The second-order valence-electron chi connectivity index (χ2n) is 12.4. The Morgan fingerprint density at radius 1 is 0.979 bits per heavy atom. The van der Waals surface area contributed by atoms with E-state index in [1.165, 1.54) is 6.07 Å². The van der Waals surface area contributed by atoms with Crippen LogP contribution in [0.3, 0.4) is 0 Å². The van der Waals surface area contributed by atoms with Crippen molar-refractivity contribution in [2.24, 2.45) is 5.92 Å². The number of piperidine rings is 1. The van der Waals surface area contributed by atoms with Gasteiger partial charge in [0.25, 0.3) is 0 Å². The van der Waals surface area contributed by atoms with E-state index in [2.05, 4.69) is 51.0 Å². The van der Waals surface area contributed by atoms with E-state index in [0.717, 1.165) is 76.8 Å². The smallest absolute Gasteiger partial charge is 0.224 e. The van der Waals surface area contributed by atoms with Gasteiger partial charge in [-0.25, -0.2) is 9.37 Å². The highest BCUT2D eigenvalue weighted by Gasteiger charge is 2.18. The van der Waals surface area contributed by atoms with Crippen LogP contribution >= 0.6 is 0 Å². The van der Waals surface area contributed by atoms with Crippen molar-refractivity contribution in [3.63, 3.8) is 0 Å². The molecule has 47 heavy (non-hydrogen) atoms. The van der Waals surface area contributed by atoms with Gasteiger partial charge in [0, 0.05) is 53.9 Å². The van der Waals surface area contributed by atoms with Crippen LogP contribution in [0.1, 0.15) is 19.3 Å². The van der Waals surface area contributed by atoms with Crippen LogP contribution in [-0.4, -0.2) is 81.2 Å². The number of benzene rings is 1. The van der Waals surface area contributed by atoms with E-state index in [1.807, 2.05) is 44.4 Å². The predicted octanol–water partition coefficient (Wildman–Crippen LogP) is 5.67. The largest absolute Gasteiger partial charge is 0.384 e. The molecular weight excluding hydrogens is 595 g/mol. The second-order valence-corrected chi connectivity index (χ2v) is 12.4. The highest BCUT2D eigenvalue weighted by atomic mass is 19.1. The summed E-state index contributed by atoms with van der Waals surface area (Å²) in [5.74, 6) is 0.0836. The third-order valence-electron chi connectivity index (χ3n) is 8.58. The number of fused-ring (bicyclic) bond motifs is 2. The number of nitrogens with one attached hydrogen (secondary N) is 5. The standard InChI is InChI=1S/C35H37FN10O/c1-46(2)10-9-39-25-13-22(12-24(36)15-25)27-5-8-40-35-28(27)16-31(43-35)34-29-17-30(41-20-32(29)44-45-34)23-14-26(19-38-18-23)42-33(47)11-21-3-6-37-7-4-21/h5,8,12-21,37,39H,3-4,6-7,9-11H2,1-2H3,(H,40,43)(H,42,47)(H,44,45). The van der Waals surface area contributed by atoms with Crippen molar-refractivity contribution in [1.29, 1.82) is 0 Å². The zero-order chi connectivity index (χ0) is 32.3. The Bertz CT molecular complexity index is 2050. The van der Waals surface area contributed by atoms with Gasteiger partial charge in [-0.2, -0.15) is 5.10 Å². The molecule has 0 bridgehead atoms. The van der Waals surface area contributed by atoms with Crippen LogP contribution in [0.2, 0.25) is 0 Å². The van der Waals surface area contributed by atoms with Crippen LogP contribution in [0, 0.1) is 11.7 Å². The normalized spacial score (nSPS) is 13.9. The Balaban J connectivity index is 1.16. The molecule has 0 unspecified atom stereocenters. The molecule has 240 valence electrons. The molecule has 1 saturated heterocycles. The summed E-state index contributed by atoms with van der Waals surface area (Å²) in [4.78, 5) is 31.8. The van der Waals surface area contributed by atoms with E-state index >= 15 is 0 Å². The number of hydrogen-bond acceptors (Lipinski definition) is 8. The number of aromatic amines is 2. The molecule has 0 spiro atoms. The Labute approximate surface area is 271 Å². The number of carbonyl (C=O) groups is 1. The third-order valence-corrected chi connectivity index (χ3v) is 8.58. The fourth-order valence-corrected chi connectivity index (χ4v) is 6.17. The first-order valence-corrected chi connectivity index (χ1v) is 15.9. The van der Waals surface area contributed by atoms with Crippen molar-refractivity contribution in [3.8, 4) is 33.8 Å². The van der Waals surface area contributed by atoms with Crippen LogP contribution in [0.5, 0.6) is 0 Å². The molecule has 1 aromatic carbocycles. The number of nitrogens with zero attached hydrogens (tertiary/aromatic N) is 5. The van der Waals surface area contributed by atoms with E-state index < -0.39 is 0 Å². The van der Waals surface area contributed by atoms with Crippen molar-refractivity contribution in [2.45, 2.75) is 19.3 Å². The number of halogens is 1. The first kappa shape index (κ1) is 30.5. The minimum atomic E-state index is -0.311. The van der Waals surface area contributed by atoms with Gasteiger partial charge < -0.3 is 25.8 Å². The number of amides is 1. The quantitative estimate of drug-likeness (QED) is 0.130. The summed E-state index contributed by atoms with van der Waals surface area (Å²) in [6, 6.07) is 12.8. The van der Waals surface area contributed by atoms with Gasteiger partial charge in [0.1, 0.15) is 17.2 Å². The molecule has 0 saturated carbocycles. The molecule has 0 aliphatic carbocycles. The highest BCUT2D eigenvalue weighted by molar-refractivity contribution is 6.00. The SMILES string of the molecule is CN(C)CCNc1cc(F)cc(-c2ccnc3[nH]c(-c4n[nH]c5cnc(-c6cncc(NC(=O)CC7CCNCC7)c6)cc45)cc23)c1. The number of aromatic nitrogens is 6. The van der Waals surface area contributed by atoms with E-state index in [0.29, 0.717) is 41.6 Å². The van der Waals surface area contributed by atoms with Gasteiger partial charge in [-0.15, -0.1) is 0 Å². The third kappa shape index (κ3) is 6.83. The molecule has 1 amide bonds. The fourth-order valence-electron chi connectivity index (χ4n) is 6.17. The maximum absolute atomic E-state index is 14.7. The van der Waals surface area contributed by atoms with Gasteiger partial charge in [0.05, 0.1) is 35.0 Å². The lowest BCUT2D eigenvalue weighted by atomic mass is 9.94. The first-order valence-electron chi connectivity index (χ1n) is 15.9. The number of anilines is 2. The van der Waals surface area contributed by atoms with Crippen molar-refractivity contribution >= 4 is 39.2 Å². The average Bonchev–Trinajstić information content (AvgIpc) is 3.69. The number of H-pyrrole nitrogens is 2. The number of rotatable bonds is 10. The predicted molar refractivity (Wildman–Crippen MR) is 183 cm³/mol. The summed E-state index contributed by atoms with van der Waals surface area (Å²) in [5.41, 5.74) is 7.37. The zero-order valence-corrected chi connectivity index (χ0v) is 26.4. The van der Waals surface area contributed by atoms with Crippen LogP contribution in [0.15, 0.2) is 67.3 Å². The molecule has 0 radical (unpaired) electrons. The Morgan fingerprint density at radius 2 is 1.83 bits per heavy atom. The fraction of sp³-hybridized carbons (Fsp3) is 0.286. The van der Waals surface area contributed by atoms with Crippen LogP contribution in [-0.2, 0) is 4.79 Å². The molecule has 5 N–H and O–H groups in total.